The van der Waals surface area contributed by atoms with Crippen LogP contribution in [0.1, 0.15) is 18.4 Å². The van der Waals surface area contributed by atoms with Crippen molar-refractivity contribution < 1.29 is 4.74 Å². The first kappa shape index (κ1) is 10.3. The zero-order valence-electron chi connectivity index (χ0n) is 6.92. The van der Waals surface area contributed by atoms with Crippen molar-refractivity contribution in [3.8, 4) is 0 Å². The minimum atomic E-state index is 0.763. The lowest BCUT2D eigenvalue weighted by Gasteiger charge is -1.97. The number of rotatable bonds is 5. The fourth-order valence-corrected chi connectivity index (χ4v) is 2.15. The van der Waals surface area contributed by atoms with Crippen molar-refractivity contribution in [2.75, 3.05) is 13.2 Å². The Labute approximate surface area is 89.7 Å². The van der Waals surface area contributed by atoms with E-state index < -0.39 is 0 Å². The number of hydrogen-bond donors (Lipinski definition) is 0. The van der Waals surface area contributed by atoms with Crippen LogP contribution in [0.25, 0.3) is 0 Å². The van der Waals surface area contributed by atoms with Gasteiger partial charge in [0.25, 0.3) is 0 Å². The van der Waals surface area contributed by atoms with Gasteiger partial charge in [-0.2, -0.15) is 0 Å². The number of halogens is 1. The molecule has 12 heavy (non-hydrogen) atoms. The summed E-state index contributed by atoms with van der Waals surface area (Å²) in [5.41, 5.74) is 0. The summed E-state index contributed by atoms with van der Waals surface area (Å²) in [6.45, 7) is 3.71. The van der Waals surface area contributed by atoms with Crippen molar-refractivity contribution in [2.45, 2.75) is 19.8 Å². The van der Waals surface area contributed by atoms with Crippen molar-refractivity contribution >= 4 is 33.9 Å². The lowest BCUT2D eigenvalue weighted by Crippen LogP contribution is -1.98. The summed E-state index contributed by atoms with van der Waals surface area (Å²) >= 11 is 3.80. The number of nitrogens with zero attached hydrogens (tertiary/aromatic N) is 2. The summed E-state index contributed by atoms with van der Waals surface area (Å²) in [4.78, 5) is 0. The van der Waals surface area contributed by atoms with E-state index in [2.05, 4.69) is 39.7 Å². The van der Waals surface area contributed by atoms with Crippen molar-refractivity contribution in [3.05, 3.63) is 8.02 Å². The van der Waals surface area contributed by atoms with Crippen LogP contribution in [-0.2, 0) is 11.2 Å². The Morgan fingerprint density at radius 1 is 1.42 bits per heavy atom. The van der Waals surface area contributed by atoms with Crippen molar-refractivity contribution in [3.63, 3.8) is 0 Å². The molecule has 0 N–H and O–H groups in total. The second kappa shape index (κ2) is 5.82. The molecular formula is C7H11IN2OS. The predicted molar refractivity (Wildman–Crippen MR) is 57.4 cm³/mol. The topological polar surface area (TPSA) is 35.0 Å². The van der Waals surface area contributed by atoms with E-state index >= 15 is 0 Å². The van der Waals surface area contributed by atoms with Gasteiger partial charge in [-0.1, -0.05) is 18.3 Å². The molecule has 1 aromatic rings. The Bertz CT molecular complexity index is 229. The van der Waals surface area contributed by atoms with Gasteiger partial charge >= 0.3 is 0 Å². The molecule has 0 saturated carbocycles. The van der Waals surface area contributed by atoms with Crippen LogP contribution in [0.5, 0.6) is 0 Å². The molecule has 1 aromatic heterocycles. The molecule has 0 radical (unpaired) electrons. The molecule has 0 fully saturated rings. The maximum Gasteiger partial charge on any atom is 0.178 e. The highest BCUT2D eigenvalue weighted by molar-refractivity contribution is 14.1. The van der Waals surface area contributed by atoms with E-state index in [1.807, 2.05) is 0 Å². The third-order valence-electron chi connectivity index (χ3n) is 1.25. The van der Waals surface area contributed by atoms with E-state index in [1.54, 1.807) is 11.3 Å². The molecule has 0 spiro atoms. The minimum absolute atomic E-state index is 0.763. The molecule has 0 unspecified atom stereocenters. The first-order chi connectivity index (χ1) is 5.83. The second-order valence-electron chi connectivity index (χ2n) is 2.31. The average molecular weight is 298 g/mol. The SMILES string of the molecule is CCCOCCc1nnc(I)s1. The van der Waals surface area contributed by atoms with E-state index in [-0.39, 0.29) is 0 Å². The molecule has 0 aliphatic heterocycles. The molecule has 0 aromatic carbocycles. The summed E-state index contributed by atoms with van der Waals surface area (Å²) in [5.74, 6) is 0. The first-order valence-corrected chi connectivity index (χ1v) is 5.78. The van der Waals surface area contributed by atoms with Gasteiger partial charge in [-0.15, -0.1) is 10.2 Å². The zero-order valence-corrected chi connectivity index (χ0v) is 9.89. The van der Waals surface area contributed by atoms with Gasteiger partial charge in [0.05, 0.1) is 6.61 Å². The molecule has 0 aliphatic carbocycles. The quantitative estimate of drug-likeness (QED) is 0.617. The van der Waals surface area contributed by atoms with Gasteiger partial charge in [0.2, 0.25) is 0 Å². The first-order valence-electron chi connectivity index (χ1n) is 3.88. The second-order valence-corrected chi connectivity index (χ2v) is 5.13. The molecular weight excluding hydrogens is 287 g/mol. The molecule has 68 valence electrons. The van der Waals surface area contributed by atoms with Crippen LogP contribution in [0.2, 0.25) is 0 Å². The molecule has 1 heterocycles. The van der Waals surface area contributed by atoms with E-state index in [1.165, 1.54) is 0 Å². The third-order valence-corrected chi connectivity index (χ3v) is 2.90. The van der Waals surface area contributed by atoms with Crippen LogP contribution >= 0.6 is 33.9 Å². The van der Waals surface area contributed by atoms with Crippen molar-refractivity contribution in [1.29, 1.82) is 0 Å². The van der Waals surface area contributed by atoms with Gasteiger partial charge in [0, 0.05) is 13.0 Å². The minimum Gasteiger partial charge on any atom is -0.381 e. The summed E-state index contributed by atoms with van der Waals surface area (Å²) in [5, 5.41) is 8.97. The third kappa shape index (κ3) is 3.77. The van der Waals surface area contributed by atoms with Gasteiger partial charge in [-0.3, -0.25) is 0 Å². The molecule has 0 bridgehead atoms. The number of ether oxygens (including phenoxy) is 1. The Hall–Kier alpha value is 0.250. The van der Waals surface area contributed by atoms with Crippen LogP contribution < -0.4 is 0 Å². The summed E-state index contributed by atoms with van der Waals surface area (Å²) in [6, 6.07) is 0. The van der Waals surface area contributed by atoms with Gasteiger partial charge in [0.15, 0.2) is 3.01 Å². The van der Waals surface area contributed by atoms with Crippen molar-refractivity contribution in [1.82, 2.24) is 10.2 Å². The van der Waals surface area contributed by atoms with Gasteiger partial charge in [-0.25, -0.2) is 0 Å². The largest absolute Gasteiger partial charge is 0.381 e. The Morgan fingerprint density at radius 3 is 2.83 bits per heavy atom. The van der Waals surface area contributed by atoms with E-state index in [0.29, 0.717) is 0 Å². The van der Waals surface area contributed by atoms with Crippen LogP contribution in [-0.4, -0.2) is 23.4 Å². The standard InChI is InChI=1S/C7H11IN2OS/c1-2-4-11-5-3-6-9-10-7(8)12-6/h2-5H2,1H3. The smallest absolute Gasteiger partial charge is 0.178 e. The molecule has 0 saturated heterocycles. The molecule has 0 amide bonds. The molecule has 5 heteroatoms. The Kier molecular flexibility index (Phi) is 5.01. The maximum absolute atomic E-state index is 5.33. The van der Waals surface area contributed by atoms with Gasteiger partial charge < -0.3 is 4.74 Å². The molecule has 0 atom stereocenters. The number of aromatic nitrogens is 2. The van der Waals surface area contributed by atoms with Gasteiger partial charge in [0.1, 0.15) is 5.01 Å². The molecule has 1 rings (SSSR count). The van der Waals surface area contributed by atoms with Crippen LogP contribution in [0.3, 0.4) is 0 Å². The number of hydrogen-bond acceptors (Lipinski definition) is 4. The maximum atomic E-state index is 5.33. The predicted octanol–water partition coefficient (Wildman–Crippen LogP) is 2.11. The monoisotopic (exact) mass is 298 g/mol. The normalized spacial score (nSPS) is 10.5. The van der Waals surface area contributed by atoms with Crippen LogP contribution in [0, 0.1) is 3.01 Å². The van der Waals surface area contributed by atoms with E-state index in [9.17, 15) is 0 Å². The van der Waals surface area contributed by atoms with Crippen LogP contribution in [0.4, 0.5) is 0 Å². The average Bonchev–Trinajstić information content (AvgIpc) is 2.45. The van der Waals surface area contributed by atoms with E-state index in [4.69, 9.17) is 4.74 Å². The fraction of sp³-hybridized carbons (Fsp3) is 0.714. The fourth-order valence-electron chi connectivity index (χ4n) is 0.740. The van der Waals surface area contributed by atoms with Crippen LogP contribution in [0.15, 0.2) is 0 Å². The Morgan fingerprint density at radius 2 is 2.25 bits per heavy atom. The van der Waals surface area contributed by atoms with Gasteiger partial charge in [-0.05, 0) is 29.0 Å². The van der Waals surface area contributed by atoms with Crippen molar-refractivity contribution in [2.24, 2.45) is 0 Å². The summed E-state index contributed by atoms with van der Waals surface area (Å²) in [6.07, 6.45) is 1.97. The summed E-state index contributed by atoms with van der Waals surface area (Å²) in [7, 11) is 0. The Balaban J connectivity index is 2.15. The lowest BCUT2D eigenvalue weighted by molar-refractivity contribution is 0.138. The summed E-state index contributed by atoms with van der Waals surface area (Å²) < 4.78 is 6.33. The lowest BCUT2D eigenvalue weighted by atomic mass is 10.5. The molecule has 0 aliphatic rings. The highest BCUT2D eigenvalue weighted by atomic mass is 127. The van der Waals surface area contributed by atoms with E-state index in [0.717, 1.165) is 34.1 Å². The molecule has 3 nitrogen and oxygen atoms in total. The highest BCUT2D eigenvalue weighted by Gasteiger charge is 1.99. The highest BCUT2D eigenvalue weighted by Crippen LogP contribution is 2.11. The zero-order chi connectivity index (χ0) is 8.81.